The summed E-state index contributed by atoms with van der Waals surface area (Å²) in [6.45, 7) is 1.90. The molecule has 0 spiro atoms. The molecule has 0 fully saturated rings. The number of carbonyl (C=O) groups excluding carboxylic acids is 2. The molecule has 5 nitrogen and oxygen atoms in total. The molecule has 0 heterocycles. The number of hydrogen-bond acceptors (Lipinski definition) is 5. The number of hydrogen-bond donors (Lipinski definition) is 1. The first-order chi connectivity index (χ1) is 11.0. The number of ketones is 1. The van der Waals surface area contributed by atoms with Gasteiger partial charge in [0.15, 0.2) is 5.78 Å². The standard InChI is InChI=1S/C18H17NO4/c1-12-3-5-13(6-4-12)17(20)11-16(18(21)22)19-14-7-9-15(23-2)10-8-14/h3-11,19H,1-2H3,(H,21,22)/p-1/b16-11-. The topological polar surface area (TPSA) is 78.5 Å². The number of aryl methyl sites for hydroxylation is 1. The van der Waals surface area contributed by atoms with Gasteiger partial charge in [0.2, 0.25) is 0 Å². The second kappa shape index (κ2) is 7.26. The molecular formula is C18H16NO4-. The van der Waals surface area contributed by atoms with Gasteiger partial charge in [-0.15, -0.1) is 0 Å². The molecule has 0 aliphatic carbocycles. The number of carbonyl (C=O) groups is 2. The van der Waals surface area contributed by atoms with Crippen LogP contribution in [0, 0.1) is 6.92 Å². The number of aliphatic carboxylic acids is 1. The first kappa shape index (κ1) is 16.3. The monoisotopic (exact) mass is 310 g/mol. The number of methoxy groups -OCH3 is 1. The maximum atomic E-state index is 12.1. The second-order valence-electron chi connectivity index (χ2n) is 4.93. The molecule has 118 valence electrons. The summed E-state index contributed by atoms with van der Waals surface area (Å²) in [5, 5.41) is 13.9. The third kappa shape index (κ3) is 4.44. The zero-order chi connectivity index (χ0) is 16.8. The molecule has 0 radical (unpaired) electrons. The fourth-order valence-electron chi connectivity index (χ4n) is 1.91. The summed E-state index contributed by atoms with van der Waals surface area (Å²) in [4.78, 5) is 23.4. The van der Waals surface area contributed by atoms with Crippen molar-refractivity contribution >= 4 is 17.4 Å². The first-order valence-corrected chi connectivity index (χ1v) is 6.94. The van der Waals surface area contributed by atoms with Crippen molar-refractivity contribution < 1.29 is 19.4 Å². The molecule has 0 aliphatic rings. The third-order valence-corrected chi connectivity index (χ3v) is 3.20. The van der Waals surface area contributed by atoms with Crippen LogP contribution in [-0.4, -0.2) is 18.9 Å². The van der Waals surface area contributed by atoms with E-state index in [1.165, 1.54) is 7.11 Å². The van der Waals surface area contributed by atoms with Crippen LogP contribution >= 0.6 is 0 Å². The van der Waals surface area contributed by atoms with Gasteiger partial charge in [0.05, 0.1) is 18.8 Å². The Balaban J connectivity index is 2.21. The molecule has 0 bridgehead atoms. The van der Waals surface area contributed by atoms with Crippen molar-refractivity contribution in [1.29, 1.82) is 0 Å². The van der Waals surface area contributed by atoms with Crippen LogP contribution < -0.4 is 15.2 Å². The number of nitrogens with one attached hydrogen (secondary N) is 1. The Morgan fingerprint density at radius 1 is 1.04 bits per heavy atom. The van der Waals surface area contributed by atoms with Crippen LogP contribution in [0.3, 0.4) is 0 Å². The van der Waals surface area contributed by atoms with E-state index in [0.29, 0.717) is 17.0 Å². The van der Waals surface area contributed by atoms with Crippen molar-refractivity contribution in [1.82, 2.24) is 0 Å². The Bertz CT molecular complexity index is 731. The number of rotatable bonds is 6. The molecule has 0 aliphatic heterocycles. The molecule has 2 aromatic carbocycles. The van der Waals surface area contributed by atoms with Crippen molar-refractivity contribution in [3.63, 3.8) is 0 Å². The van der Waals surface area contributed by atoms with Crippen LogP contribution in [0.4, 0.5) is 5.69 Å². The van der Waals surface area contributed by atoms with Crippen molar-refractivity contribution in [3.8, 4) is 5.75 Å². The van der Waals surface area contributed by atoms with Gasteiger partial charge in [-0.25, -0.2) is 0 Å². The highest BCUT2D eigenvalue weighted by atomic mass is 16.5. The number of benzene rings is 2. The van der Waals surface area contributed by atoms with Crippen molar-refractivity contribution in [2.24, 2.45) is 0 Å². The van der Waals surface area contributed by atoms with E-state index in [9.17, 15) is 14.7 Å². The van der Waals surface area contributed by atoms with Crippen LogP contribution in [-0.2, 0) is 4.79 Å². The summed E-state index contributed by atoms with van der Waals surface area (Å²) in [7, 11) is 1.54. The molecule has 2 rings (SSSR count). The molecule has 2 aromatic rings. The van der Waals surface area contributed by atoms with E-state index < -0.39 is 11.8 Å². The van der Waals surface area contributed by atoms with E-state index in [1.54, 1.807) is 48.5 Å². The SMILES string of the molecule is COc1ccc(N/C(=C\C(=O)c2ccc(C)cc2)C(=O)[O-])cc1. The summed E-state index contributed by atoms with van der Waals surface area (Å²) < 4.78 is 5.03. The van der Waals surface area contributed by atoms with Gasteiger partial charge in [0, 0.05) is 17.3 Å². The lowest BCUT2D eigenvalue weighted by molar-refractivity contribution is -0.299. The predicted molar refractivity (Wildman–Crippen MR) is 85.2 cm³/mol. The lowest BCUT2D eigenvalue weighted by Crippen LogP contribution is -2.29. The molecule has 5 heteroatoms. The van der Waals surface area contributed by atoms with Crippen LogP contribution in [0.15, 0.2) is 60.3 Å². The zero-order valence-corrected chi connectivity index (χ0v) is 12.8. The minimum atomic E-state index is -1.46. The molecular weight excluding hydrogens is 294 g/mol. The quantitative estimate of drug-likeness (QED) is 0.651. The highest BCUT2D eigenvalue weighted by Gasteiger charge is 2.07. The highest BCUT2D eigenvalue weighted by molar-refractivity contribution is 6.08. The van der Waals surface area contributed by atoms with Gasteiger partial charge in [-0.3, -0.25) is 4.79 Å². The average Bonchev–Trinajstić information content (AvgIpc) is 2.55. The van der Waals surface area contributed by atoms with Crippen molar-refractivity contribution in [2.45, 2.75) is 6.92 Å². The van der Waals surface area contributed by atoms with Crippen LogP contribution in [0.2, 0.25) is 0 Å². The first-order valence-electron chi connectivity index (χ1n) is 6.94. The van der Waals surface area contributed by atoms with E-state index in [0.717, 1.165) is 11.6 Å². The Hall–Kier alpha value is -3.08. The van der Waals surface area contributed by atoms with E-state index in [2.05, 4.69) is 5.32 Å². The molecule has 0 atom stereocenters. The lowest BCUT2D eigenvalue weighted by Gasteiger charge is -2.12. The molecule has 0 unspecified atom stereocenters. The van der Waals surface area contributed by atoms with Crippen LogP contribution in [0.5, 0.6) is 5.75 Å². The zero-order valence-electron chi connectivity index (χ0n) is 12.8. The lowest BCUT2D eigenvalue weighted by atomic mass is 10.1. The molecule has 0 saturated carbocycles. The number of allylic oxidation sites excluding steroid dienone is 1. The number of ether oxygens (including phenoxy) is 1. The smallest absolute Gasteiger partial charge is 0.187 e. The molecule has 0 amide bonds. The van der Waals surface area contributed by atoms with Gasteiger partial charge >= 0.3 is 0 Å². The van der Waals surface area contributed by atoms with Gasteiger partial charge in [0.1, 0.15) is 5.75 Å². The number of anilines is 1. The van der Waals surface area contributed by atoms with Crippen molar-refractivity contribution in [2.75, 3.05) is 12.4 Å². The minimum Gasteiger partial charge on any atom is -0.543 e. The average molecular weight is 310 g/mol. The Morgan fingerprint density at radius 3 is 2.17 bits per heavy atom. The highest BCUT2D eigenvalue weighted by Crippen LogP contribution is 2.17. The summed E-state index contributed by atoms with van der Waals surface area (Å²) in [5.41, 5.74) is 1.63. The Labute approximate surface area is 134 Å². The Morgan fingerprint density at radius 2 is 1.65 bits per heavy atom. The second-order valence-corrected chi connectivity index (χ2v) is 4.93. The summed E-state index contributed by atoms with van der Waals surface area (Å²) >= 11 is 0. The van der Waals surface area contributed by atoms with Gasteiger partial charge in [0.25, 0.3) is 0 Å². The molecule has 23 heavy (non-hydrogen) atoms. The van der Waals surface area contributed by atoms with E-state index >= 15 is 0 Å². The van der Waals surface area contributed by atoms with Crippen LogP contribution in [0.1, 0.15) is 15.9 Å². The van der Waals surface area contributed by atoms with E-state index in [1.807, 2.05) is 6.92 Å². The summed E-state index contributed by atoms with van der Waals surface area (Å²) in [6, 6.07) is 13.5. The molecule has 1 N–H and O–H groups in total. The van der Waals surface area contributed by atoms with Gasteiger partial charge in [-0.1, -0.05) is 29.8 Å². The molecule has 0 saturated heterocycles. The maximum absolute atomic E-state index is 12.1. The summed E-state index contributed by atoms with van der Waals surface area (Å²) in [6.07, 6.45) is 1.02. The van der Waals surface area contributed by atoms with E-state index in [4.69, 9.17) is 4.74 Å². The van der Waals surface area contributed by atoms with Crippen LogP contribution in [0.25, 0.3) is 0 Å². The third-order valence-electron chi connectivity index (χ3n) is 3.20. The van der Waals surface area contributed by atoms with Gasteiger partial charge in [-0.05, 0) is 31.2 Å². The predicted octanol–water partition coefficient (Wildman–Crippen LogP) is 1.93. The normalized spacial score (nSPS) is 11.0. The number of carboxylic acids is 1. The maximum Gasteiger partial charge on any atom is 0.187 e. The van der Waals surface area contributed by atoms with Gasteiger partial charge < -0.3 is 20.0 Å². The fourth-order valence-corrected chi connectivity index (χ4v) is 1.91. The largest absolute Gasteiger partial charge is 0.543 e. The fraction of sp³-hybridized carbons (Fsp3) is 0.111. The van der Waals surface area contributed by atoms with E-state index in [-0.39, 0.29) is 5.70 Å². The minimum absolute atomic E-state index is 0.305. The van der Waals surface area contributed by atoms with Gasteiger partial charge in [-0.2, -0.15) is 0 Å². The summed E-state index contributed by atoms with van der Waals surface area (Å²) in [5.74, 6) is -1.23. The Kier molecular flexibility index (Phi) is 5.15. The van der Waals surface area contributed by atoms with Crippen molar-refractivity contribution in [3.05, 3.63) is 71.4 Å². The molecule has 0 aromatic heterocycles. The number of carboxylic acid groups (broad SMARTS) is 1.